The Morgan fingerprint density at radius 2 is 1.23 bits per heavy atom. The molecule has 4 aromatic carbocycles. The van der Waals surface area contributed by atoms with Crippen LogP contribution < -0.4 is 14.7 Å². The Hall–Kier alpha value is -5.69. The van der Waals surface area contributed by atoms with Crippen molar-refractivity contribution in [2.24, 2.45) is 0 Å². The van der Waals surface area contributed by atoms with Crippen molar-refractivity contribution in [3.63, 3.8) is 0 Å². The maximum Gasteiger partial charge on any atom is 0.270 e. The average Bonchev–Trinajstić information content (AvgIpc) is 3.79. The van der Waals surface area contributed by atoms with Gasteiger partial charge in [-0.3, -0.25) is 29.0 Å². The second-order valence-corrected chi connectivity index (χ2v) is 13.3. The summed E-state index contributed by atoms with van der Waals surface area (Å²) < 4.78 is 7.50. The van der Waals surface area contributed by atoms with Crippen LogP contribution in [-0.4, -0.2) is 33.7 Å². The summed E-state index contributed by atoms with van der Waals surface area (Å²) in [7, 11) is 0. The van der Waals surface area contributed by atoms with E-state index in [1.54, 1.807) is 103 Å². The molecule has 0 N–H and O–H groups in total. The molecule has 1 fully saturated rings. The summed E-state index contributed by atoms with van der Waals surface area (Å²) in [6.45, 7) is 0. The number of para-hydroxylation sites is 2. The molecule has 4 heterocycles. The number of aromatic nitrogens is 1. The number of thiazole rings is 1. The van der Waals surface area contributed by atoms with Gasteiger partial charge in [0.15, 0.2) is 14.5 Å². The molecule has 9 nitrogen and oxygen atoms in total. The van der Waals surface area contributed by atoms with Crippen molar-refractivity contribution >= 4 is 97.4 Å². The van der Waals surface area contributed by atoms with Crippen molar-refractivity contribution in [2.45, 2.75) is 9.43 Å². The van der Waals surface area contributed by atoms with Crippen molar-refractivity contribution in [1.29, 1.82) is 0 Å². The van der Waals surface area contributed by atoms with E-state index in [4.69, 9.17) is 16.6 Å². The van der Waals surface area contributed by atoms with Crippen LogP contribution in [0.1, 0.15) is 26.5 Å². The predicted octanol–water partition coefficient (Wildman–Crippen LogP) is 7.59. The van der Waals surface area contributed by atoms with Crippen LogP contribution in [0.3, 0.4) is 0 Å². The molecule has 4 amide bonds. The van der Waals surface area contributed by atoms with Crippen LogP contribution >= 0.6 is 35.3 Å². The molecule has 0 atom stereocenters. The summed E-state index contributed by atoms with van der Waals surface area (Å²) in [4.78, 5) is 62.1. The quantitative estimate of drug-likeness (QED) is 0.0766. The zero-order valence-corrected chi connectivity index (χ0v) is 27.1. The number of amides is 4. The maximum absolute atomic E-state index is 13.8. The van der Waals surface area contributed by atoms with E-state index >= 15 is 0 Å². The minimum Gasteiger partial charge on any atom is -0.450 e. The number of fused-ring (bicyclic) bond motifs is 2. The first-order valence-corrected chi connectivity index (χ1v) is 16.6. The fourth-order valence-corrected chi connectivity index (χ4v) is 7.91. The second-order valence-electron chi connectivity index (χ2n) is 10.7. The van der Waals surface area contributed by atoms with E-state index in [0.717, 1.165) is 4.70 Å². The van der Waals surface area contributed by atoms with Crippen LogP contribution in [0.2, 0.25) is 0 Å². The Labute approximate surface area is 286 Å². The molecule has 48 heavy (non-hydrogen) atoms. The monoisotopic (exact) mass is 684 g/mol. The molecule has 6 aromatic rings. The molecule has 1 saturated heterocycles. The Morgan fingerprint density at radius 3 is 1.83 bits per heavy atom. The number of imide groups is 1. The van der Waals surface area contributed by atoms with Gasteiger partial charge in [-0.15, -0.1) is 11.3 Å². The number of carbonyl (C=O) groups excluding carboxylic acids is 4. The van der Waals surface area contributed by atoms with Gasteiger partial charge in [0.05, 0.1) is 38.4 Å². The van der Waals surface area contributed by atoms with E-state index in [2.05, 4.69) is 4.98 Å². The number of anilines is 3. The fraction of sp³-hybridized carbons (Fsp3) is 0. The summed E-state index contributed by atoms with van der Waals surface area (Å²) in [6.07, 6.45) is 1.43. The molecule has 8 rings (SSSR count). The number of thiocarbonyl (C=S) groups is 1. The lowest BCUT2D eigenvalue weighted by Gasteiger charge is -2.36. The van der Waals surface area contributed by atoms with E-state index in [-0.39, 0.29) is 22.5 Å². The number of rotatable bonds is 6. The molecule has 2 aromatic heterocycles. The molecule has 0 saturated carbocycles. The lowest BCUT2D eigenvalue weighted by atomic mass is 10.1. The SMILES string of the molecule is O=C1C(=Cc2ccc(Sc3nc4ccc(N5C(=O)c6ccccc6C5=O)cc4s3)o2)C(=O)N(c2ccccc2)C(=S)N1c1ccccc1. The molecular weight excluding hydrogens is 665 g/mol. The molecule has 0 unspecified atom stereocenters. The van der Waals surface area contributed by atoms with Crippen LogP contribution in [0.4, 0.5) is 17.1 Å². The summed E-state index contributed by atoms with van der Waals surface area (Å²) in [6, 6.07) is 33.3. The van der Waals surface area contributed by atoms with Crippen molar-refractivity contribution in [3.8, 4) is 0 Å². The maximum atomic E-state index is 13.8. The number of furan rings is 1. The molecule has 232 valence electrons. The minimum absolute atomic E-state index is 0.0530. The number of nitrogens with zero attached hydrogens (tertiary/aromatic N) is 4. The highest BCUT2D eigenvalue weighted by Crippen LogP contribution is 2.38. The first-order valence-electron chi connectivity index (χ1n) is 14.6. The standard InChI is InChI=1S/C36H20N4O5S3/c41-31-25-13-7-8-14-26(25)32(42)38(31)23-15-17-28-29(19-23)47-35(37-28)48-30-18-16-24(45-30)20-27-33(43)39(21-9-3-1-4-10-21)36(46)40(34(27)44)22-11-5-2-6-12-22/h1-20H. The number of hydrogen-bond donors (Lipinski definition) is 0. The fourth-order valence-electron chi connectivity index (χ4n) is 5.53. The highest BCUT2D eigenvalue weighted by Gasteiger charge is 2.41. The number of benzene rings is 4. The average molecular weight is 685 g/mol. The van der Waals surface area contributed by atoms with Gasteiger partial charge in [0, 0.05) is 0 Å². The zero-order chi connectivity index (χ0) is 32.9. The highest BCUT2D eigenvalue weighted by atomic mass is 32.2. The van der Waals surface area contributed by atoms with Crippen molar-refractivity contribution in [1.82, 2.24) is 4.98 Å². The van der Waals surface area contributed by atoms with Gasteiger partial charge in [0.1, 0.15) is 11.3 Å². The Bertz CT molecular complexity index is 2250. The Kier molecular flexibility index (Phi) is 7.32. The molecule has 0 aliphatic carbocycles. The normalized spacial score (nSPS) is 14.8. The van der Waals surface area contributed by atoms with Crippen LogP contribution in [0.15, 0.2) is 135 Å². The summed E-state index contributed by atoms with van der Waals surface area (Å²) in [5.74, 6) is -1.54. The van der Waals surface area contributed by atoms with Crippen LogP contribution in [0, 0.1) is 0 Å². The van der Waals surface area contributed by atoms with E-state index < -0.39 is 11.8 Å². The largest absolute Gasteiger partial charge is 0.450 e. The van der Waals surface area contributed by atoms with Gasteiger partial charge in [0.2, 0.25) is 0 Å². The molecular formula is C36H20N4O5S3. The van der Waals surface area contributed by atoms with Crippen LogP contribution in [-0.2, 0) is 9.59 Å². The van der Waals surface area contributed by atoms with Gasteiger partial charge < -0.3 is 4.42 Å². The smallest absolute Gasteiger partial charge is 0.270 e. The van der Waals surface area contributed by atoms with E-state index in [1.165, 1.54) is 43.9 Å². The Morgan fingerprint density at radius 1 is 0.646 bits per heavy atom. The van der Waals surface area contributed by atoms with E-state index in [0.29, 0.717) is 48.9 Å². The number of hydrogen-bond acceptors (Lipinski definition) is 9. The van der Waals surface area contributed by atoms with Gasteiger partial charge in [-0.2, -0.15) is 0 Å². The van der Waals surface area contributed by atoms with Crippen molar-refractivity contribution in [2.75, 3.05) is 14.7 Å². The summed E-state index contributed by atoms with van der Waals surface area (Å²) >= 11 is 8.33. The van der Waals surface area contributed by atoms with Crippen molar-refractivity contribution < 1.29 is 23.6 Å². The first kappa shape index (κ1) is 29.7. The minimum atomic E-state index is -0.561. The lowest BCUT2D eigenvalue weighted by molar-refractivity contribution is -0.120. The predicted molar refractivity (Wildman–Crippen MR) is 188 cm³/mol. The number of carbonyl (C=O) groups is 4. The third-order valence-electron chi connectivity index (χ3n) is 7.76. The molecule has 0 bridgehead atoms. The van der Waals surface area contributed by atoms with Gasteiger partial charge >= 0.3 is 0 Å². The van der Waals surface area contributed by atoms with Crippen LogP contribution in [0.5, 0.6) is 0 Å². The molecule has 2 aliphatic heterocycles. The molecule has 0 spiro atoms. The molecule has 2 aliphatic rings. The van der Waals surface area contributed by atoms with Gasteiger partial charge in [0.25, 0.3) is 23.6 Å². The third kappa shape index (κ3) is 5.03. The van der Waals surface area contributed by atoms with E-state index in [1.807, 2.05) is 12.1 Å². The third-order valence-corrected chi connectivity index (χ3v) is 10.1. The Balaban J connectivity index is 1.07. The van der Waals surface area contributed by atoms with Crippen LogP contribution in [0.25, 0.3) is 16.3 Å². The first-order chi connectivity index (χ1) is 23.4. The van der Waals surface area contributed by atoms with Crippen molar-refractivity contribution in [3.05, 3.63) is 138 Å². The molecule has 0 radical (unpaired) electrons. The highest BCUT2D eigenvalue weighted by molar-refractivity contribution is 8.01. The van der Waals surface area contributed by atoms with Gasteiger partial charge in [-0.25, -0.2) is 9.88 Å². The lowest BCUT2D eigenvalue weighted by Crippen LogP contribution is -2.56. The van der Waals surface area contributed by atoms with E-state index in [9.17, 15) is 19.2 Å². The van der Waals surface area contributed by atoms with Gasteiger partial charge in [-0.1, -0.05) is 48.5 Å². The van der Waals surface area contributed by atoms with Gasteiger partial charge in [-0.05, 0) is 96.8 Å². The summed E-state index contributed by atoms with van der Waals surface area (Å²) in [5, 5.41) is 0.546. The topological polar surface area (TPSA) is 104 Å². The second kappa shape index (κ2) is 11.8. The summed E-state index contributed by atoms with van der Waals surface area (Å²) in [5.41, 5.74) is 2.89. The molecule has 12 heteroatoms. The zero-order valence-electron chi connectivity index (χ0n) is 24.6.